The summed E-state index contributed by atoms with van der Waals surface area (Å²) in [6.07, 6.45) is 3.75. The molecule has 0 bridgehead atoms. The number of nitrogens with one attached hydrogen (secondary N) is 2. The van der Waals surface area contributed by atoms with Gasteiger partial charge in [-0.2, -0.15) is 0 Å². The molecule has 0 saturated carbocycles. The first-order chi connectivity index (χ1) is 18.4. The number of aromatic nitrogens is 2. The summed E-state index contributed by atoms with van der Waals surface area (Å²) in [6, 6.07) is 20.7. The second kappa shape index (κ2) is 11.1. The molecule has 4 aromatic rings. The molecular weight excluding hydrogens is 541 g/mol. The van der Waals surface area contributed by atoms with Crippen LogP contribution in [-0.4, -0.2) is 34.3 Å². The topological polar surface area (TPSA) is 71.4 Å². The van der Waals surface area contributed by atoms with Gasteiger partial charge in [-0.15, -0.1) is 0 Å². The monoisotopic (exact) mass is 565 g/mol. The van der Waals surface area contributed by atoms with E-state index in [-0.39, 0.29) is 24.6 Å². The number of aryl methyl sites for hydroxylation is 1. The van der Waals surface area contributed by atoms with Gasteiger partial charge < -0.3 is 24.8 Å². The summed E-state index contributed by atoms with van der Waals surface area (Å²) in [5, 5.41) is 8.04. The highest BCUT2D eigenvalue weighted by Gasteiger charge is 2.42. The van der Waals surface area contributed by atoms with Crippen LogP contribution in [0.5, 0.6) is 0 Å². The first-order valence-electron chi connectivity index (χ1n) is 11.9. The smallest absolute Gasteiger partial charge is 0.250 e. The molecule has 194 valence electrons. The maximum Gasteiger partial charge on any atom is 0.250 e. The number of ether oxygens (including phenoxy) is 1. The van der Waals surface area contributed by atoms with Crippen LogP contribution in [0.2, 0.25) is 10.0 Å². The standard InChI is InChI=1S/C28H25Cl2N5O2S/c1-17-14-19(9-10-21(17)32-25(36)16-37-2)35-27(26(33-28(35)38)22-6-3-4-12-31-22)24-7-5-13-34(24)23-11-8-18(29)15-20(23)30/h3-15,26-27H,16H2,1-2H3,(H,32,36)(H,33,38)/t26-,27+/m1/s1. The third-order valence-corrected chi connectivity index (χ3v) is 7.24. The van der Waals surface area contributed by atoms with Crippen molar-refractivity contribution in [2.75, 3.05) is 23.9 Å². The normalized spacial score (nSPS) is 16.9. The maximum absolute atomic E-state index is 12.1. The fourth-order valence-electron chi connectivity index (χ4n) is 4.72. The van der Waals surface area contributed by atoms with Crippen LogP contribution in [-0.2, 0) is 9.53 Å². The van der Waals surface area contributed by atoms with Crippen molar-refractivity contribution in [1.82, 2.24) is 14.9 Å². The fourth-order valence-corrected chi connectivity index (χ4v) is 5.57. The van der Waals surface area contributed by atoms with Crippen LogP contribution in [0.25, 0.3) is 5.69 Å². The van der Waals surface area contributed by atoms with Gasteiger partial charge in [0.05, 0.1) is 22.4 Å². The van der Waals surface area contributed by atoms with E-state index < -0.39 is 0 Å². The van der Waals surface area contributed by atoms with Gasteiger partial charge in [-0.25, -0.2) is 0 Å². The number of carbonyl (C=O) groups excluding carboxylic acids is 1. The number of methoxy groups -OCH3 is 1. The molecule has 2 N–H and O–H groups in total. The van der Waals surface area contributed by atoms with Crippen LogP contribution in [0.1, 0.15) is 29.0 Å². The number of amides is 1. The van der Waals surface area contributed by atoms with Gasteiger partial charge in [-0.05, 0) is 85.4 Å². The van der Waals surface area contributed by atoms with E-state index in [1.54, 1.807) is 12.3 Å². The van der Waals surface area contributed by atoms with Gasteiger partial charge in [0.1, 0.15) is 12.6 Å². The molecule has 7 nitrogen and oxygen atoms in total. The molecule has 1 fully saturated rings. The van der Waals surface area contributed by atoms with E-state index in [0.717, 1.165) is 28.3 Å². The van der Waals surface area contributed by atoms with Crippen molar-refractivity contribution in [3.05, 3.63) is 106 Å². The Kier molecular flexibility index (Phi) is 7.67. The van der Waals surface area contributed by atoms with Gasteiger partial charge in [0.2, 0.25) is 5.91 Å². The van der Waals surface area contributed by atoms with Crippen LogP contribution in [0.4, 0.5) is 11.4 Å². The minimum atomic E-state index is -0.257. The van der Waals surface area contributed by atoms with E-state index in [1.807, 2.05) is 72.3 Å². The van der Waals surface area contributed by atoms with Crippen LogP contribution in [0.15, 0.2) is 79.1 Å². The Labute approximate surface area is 236 Å². The zero-order valence-electron chi connectivity index (χ0n) is 20.7. The van der Waals surface area contributed by atoms with Crippen molar-refractivity contribution in [2.24, 2.45) is 0 Å². The molecule has 10 heteroatoms. The number of carbonyl (C=O) groups is 1. The van der Waals surface area contributed by atoms with Crippen LogP contribution >= 0.6 is 35.4 Å². The third-order valence-electron chi connectivity index (χ3n) is 6.39. The molecule has 38 heavy (non-hydrogen) atoms. The number of anilines is 2. The predicted octanol–water partition coefficient (Wildman–Crippen LogP) is 6.25. The van der Waals surface area contributed by atoms with Crippen molar-refractivity contribution < 1.29 is 9.53 Å². The highest BCUT2D eigenvalue weighted by atomic mass is 35.5. The minimum absolute atomic E-state index is 0.0145. The van der Waals surface area contributed by atoms with E-state index in [4.69, 9.17) is 40.2 Å². The Hall–Kier alpha value is -3.43. The second-order valence-corrected chi connectivity index (χ2v) is 10.1. The Morgan fingerprint density at radius 3 is 2.68 bits per heavy atom. The zero-order valence-corrected chi connectivity index (χ0v) is 23.0. The number of pyridine rings is 1. The number of nitrogens with zero attached hydrogens (tertiary/aromatic N) is 3. The van der Waals surface area contributed by atoms with E-state index in [0.29, 0.717) is 20.8 Å². The Bertz CT molecular complexity index is 1490. The molecule has 1 aliphatic heterocycles. The van der Waals surface area contributed by atoms with Crippen molar-refractivity contribution in [2.45, 2.75) is 19.0 Å². The molecule has 0 unspecified atom stereocenters. The summed E-state index contributed by atoms with van der Waals surface area (Å²) in [5.41, 5.74) is 5.11. The van der Waals surface area contributed by atoms with Crippen LogP contribution in [0, 0.1) is 6.92 Å². The minimum Gasteiger partial charge on any atom is -0.375 e. The van der Waals surface area contributed by atoms with Crippen molar-refractivity contribution in [3.63, 3.8) is 0 Å². The average molecular weight is 567 g/mol. The molecule has 2 aromatic heterocycles. The molecular formula is C28H25Cl2N5O2S. The third kappa shape index (κ3) is 5.13. The van der Waals surface area contributed by atoms with Crippen molar-refractivity contribution in [1.29, 1.82) is 0 Å². The lowest BCUT2D eigenvalue weighted by Gasteiger charge is -2.29. The highest BCUT2D eigenvalue weighted by Crippen LogP contribution is 2.43. The summed E-state index contributed by atoms with van der Waals surface area (Å²) < 4.78 is 6.99. The largest absolute Gasteiger partial charge is 0.375 e. The second-order valence-electron chi connectivity index (χ2n) is 8.88. The lowest BCUT2D eigenvalue weighted by molar-refractivity contribution is -0.119. The molecule has 2 aromatic carbocycles. The van der Waals surface area contributed by atoms with E-state index in [2.05, 4.69) is 26.6 Å². The number of halogens is 2. The molecule has 5 rings (SSSR count). The van der Waals surface area contributed by atoms with Gasteiger partial charge >= 0.3 is 0 Å². The summed E-state index contributed by atoms with van der Waals surface area (Å²) in [6.45, 7) is 1.93. The number of thiocarbonyl (C=S) groups is 1. The van der Waals surface area contributed by atoms with Gasteiger partial charge in [0, 0.05) is 41.6 Å². The van der Waals surface area contributed by atoms with Crippen LogP contribution < -0.4 is 15.5 Å². The molecule has 2 atom stereocenters. The quantitative estimate of drug-likeness (QED) is 0.258. The molecule has 1 saturated heterocycles. The maximum atomic E-state index is 12.1. The van der Waals surface area contributed by atoms with Crippen molar-refractivity contribution >= 4 is 57.8 Å². The van der Waals surface area contributed by atoms with Crippen molar-refractivity contribution in [3.8, 4) is 5.69 Å². The number of benzene rings is 2. The van der Waals surface area contributed by atoms with E-state index in [9.17, 15) is 4.79 Å². The summed E-state index contributed by atoms with van der Waals surface area (Å²) in [7, 11) is 1.49. The van der Waals surface area contributed by atoms with Crippen LogP contribution in [0.3, 0.4) is 0 Å². The molecule has 3 heterocycles. The number of hydrogen-bond acceptors (Lipinski definition) is 4. The average Bonchev–Trinajstić information content (AvgIpc) is 3.50. The first kappa shape index (κ1) is 26.2. The Balaban J connectivity index is 1.60. The summed E-state index contributed by atoms with van der Waals surface area (Å²) >= 11 is 18.7. The summed E-state index contributed by atoms with van der Waals surface area (Å²) in [4.78, 5) is 18.8. The fraction of sp³-hybridized carbons (Fsp3) is 0.179. The zero-order chi connectivity index (χ0) is 26.8. The van der Waals surface area contributed by atoms with E-state index >= 15 is 0 Å². The summed E-state index contributed by atoms with van der Waals surface area (Å²) in [5.74, 6) is -0.215. The first-order valence-corrected chi connectivity index (χ1v) is 13.1. The number of hydrogen-bond donors (Lipinski definition) is 2. The molecule has 0 spiro atoms. The molecule has 0 aliphatic carbocycles. The van der Waals surface area contributed by atoms with Gasteiger partial charge in [-0.1, -0.05) is 29.3 Å². The number of rotatable bonds is 7. The van der Waals surface area contributed by atoms with Gasteiger partial charge in [0.25, 0.3) is 0 Å². The molecule has 1 amide bonds. The lowest BCUT2D eigenvalue weighted by atomic mass is 10.00. The Morgan fingerprint density at radius 1 is 1.13 bits per heavy atom. The van der Waals surface area contributed by atoms with Gasteiger partial charge in [-0.3, -0.25) is 9.78 Å². The van der Waals surface area contributed by atoms with E-state index in [1.165, 1.54) is 7.11 Å². The lowest BCUT2D eigenvalue weighted by Crippen LogP contribution is -2.30. The SMILES string of the molecule is COCC(=O)Nc1ccc(N2C(=S)N[C@H](c3ccccn3)[C@@H]2c2cccn2-c2ccc(Cl)cc2Cl)cc1C. The highest BCUT2D eigenvalue weighted by molar-refractivity contribution is 7.80. The predicted molar refractivity (Wildman–Crippen MR) is 155 cm³/mol. The Morgan fingerprint density at radius 2 is 1.97 bits per heavy atom. The molecule has 0 radical (unpaired) electrons. The van der Waals surface area contributed by atoms with Gasteiger partial charge in [0.15, 0.2) is 5.11 Å². The molecule has 1 aliphatic rings.